The van der Waals surface area contributed by atoms with Crippen LogP contribution in [-0.2, 0) is 23.2 Å². The van der Waals surface area contributed by atoms with Crippen molar-refractivity contribution in [2.75, 3.05) is 4.72 Å². The van der Waals surface area contributed by atoms with Crippen LogP contribution in [0.4, 0.5) is 5.69 Å². The number of rotatable bonds is 7. The average molecular weight is 395 g/mol. The molecule has 0 fully saturated rings. The van der Waals surface area contributed by atoms with Gasteiger partial charge in [-0.05, 0) is 41.3 Å². The summed E-state index contributed by atoms with van der Waals surface area (Å²) in [7, 11) is -3.84. The summed E-state index contributed by atoms with van der Waals surface area (Å²) in [5, 5.41) is 7.87. The first-order valence-corrected chi connectivity index (χ1v) is 10.2. The highest BCUT2D eigenvalue weighted by Crippen LogP contribution is 2.15. The Balaban J connectivity index is 1.70. The van der Waals surface area contributed by atoms with Crippen LogP contribution in [0.3, 0.4) is 0 Å². The molecule has 7 heteroatoms. The number of amides is 1. The van der Waals surface area contributed by atoms with Gasteiger partial charge in [-0.1, -0.05) is 60.7 Å². The molecule has 0 atom stereocenters. The molecule has 0 saturated carbocycles. The Labute approximate surface area is 164 Å². The van der Waals surface area contributed by atoms with Crippen LogP contribution in [0, 0.1) is 0 Å². The zero-order chi connectivity index (χ0) is 20.0. The van der Waals surface area contributed by atoms with E-state index in [0.717, 1.165) is 16.7 Å². The largest absolute Gasteiger partial charge is 0.348 e. The van der Waals surface area contributed by atoms with Crippen molar-refractivity contribution in [3.8, 4) is 0 Å². The molecular weight excluding hydrogens is 374 g/mol. The fourth-order valence-electron chi connectivity index (χ4n) is 2.90. The Morgan fingerprint density at radius 3 is 2.29 bits per heavy atom. The number of nitrogens with two attached hydrogens (primary N) is 1. The van der Waals surface area contributed by atoms with Crippen molar-refractivity contribution < 1.29 is 13.2 Å². The highest BCUT2D eigenvalue weighted by Gasteiger charge is 2.11. The summed E-state index contributed by atoms with van der Waals surface area (Å²) in [6.07, 6.45) is 0.665. The molecule has 1 amide bonds. The van der Waals surface area contributed by atoms with Crippen LogP contribution in [0.15, 0.2) is 78.9 Å². The molecule has 0 aliphatic heterocycles. The molecule has 0 bridgehead atoms. The smallest absolute Gasteiger partial charge is 0.296 e. The predicted molar refractivity (Wildman–Crippen MR) is 110 cm³/mol. The van der Waals surface area contributed by atoms with Crippen LogP contribution in [0.1, 0.15) is 27.0 Å². The van der Waals surface area contributed by atoms with Crippen molar-refractivity contribution in [3.05, 3.63) is 101 Å². The minimum Gasteiger partial charge on any atom is -0.348 e. The van der Waals surface area contributed by atoms with E-state index < -0.39 is 10.2 Å². The molecule has 0 spiro atoms. The molecule has 0 aromatic heterocycles. The van der Waals surface area contributed by atoms with E-state index >= 15 is 0 Å². The molecule has 4 N–H and O–H groups in total. The molecule has 28 heavy (non-hydrogen) atoms. The van der Waals surface area contributed by atoms with Gasteiger partial charge in [-0.3, -0.25) is 9.52 Å². The van der Waals surface area contributed by atoms with E-state index in [1.165, 1.54) is 0 Å². The average Bonchev–Trinajstić information content (AvgIpc) is 2.66. The second-order valence-electron chi connectivity index (χ2n) is 6.35. The zero-order valence-corrected chi connectivity index (χ0v) is 15.9. The van der Waals surface area contributed by atoms with Crippen LogP contribution < -0.4 is 15.2 Å². The van der Waals surface area contributed by atoms with Gasteiger partial charge in [0.25, 0.3) is 16.1 Å². The lowest BCUT2D eigenvalue weighted by atomic mass is 9.99. The Bertz CT molecular complexity index is 1070. The molecule has 0 unspecified atom stereocenters. The predicted octanol–water partition coefficient (Wildman–Crippen LogP) is 2.82. The molecule has 0 aliphatic rings. The fourth-order valence-corrected chi connectivity index (χ4v) is 3.35. The number of anilines is 1. The first-order chi connectivity index (χ1) is 13.4. The molecule has 0 heterocycles. The number of hydrogen-bond donors (Lipinski definition) is 3. The summed E-state index contributed by atoms with van der Waals surface area (Å²) < 4.78 is 24.5. The quantitative estimate of drug-likeness (QED) is 0.573. The van der Waals surface area contributed by atoms with Crippen molar-refractivity contribution in [3.63, 3.8) is 0 Å². The van der Waals surface area contributed by atoms with Crippen molar-refractivity contribution in [2.24, 2.45) is 5.14 Å². The third-order valence-electron chi connectivity index (χ3n) is 4.14. The highest BCUT2D eigenvalue weighted by atomic mass is 32.2. The van der Waals surface area contributed by atoms with Gasteiger partial charge in [-0.25, -0.2) is 5.14 Å². The number of nitrogens with one attached hydrogen (secondary N) is 2. The van der Waals surface area contributed by atoms with Crippen LogP contribution in [0.5, 0.6) is 0 Å². The van der Waals surface area contributed by atoms with E-state index in [-0.39, 0.29) is 12.5 Å². The van der Waals surface area contributed by atoms with Gasteiger partial charge in [0.15, 0.2) is 0 Å². The summed E-state index contributed by atoms with van der Waals surface area (Å²) in [4.78, 5) is 12.7. The van der Waals surface area contributed by atoms with Crippen molar-refractivity contribution in [1.82, 2.24) is 5.32 Å². The van der Waals surface area contributed by atoms with Gasteiger partial charge in [0.05, 0.1) is 5.69 Å². The molecule has 3 aromatic rings. The summed E-state index contributed by atoms with van der Waals surface area (Å²) in [6, 6.07) is 24.1. The van der Waals surface area contributed by atoms with Crippen LogP contribution in [0.2, 0.25) is 0 Å². The number of hydrogen-bond acceptors (Lipinski definition) is 3. The van der Waals surface area contributed by atoms with Crippen molar-refractivity contribution in [1.29, 1.82) is 0 Å². The lowest BCUT2D eigenvalue weighted by Crippen LogP contribution is -2.24. The van der Waals surface area contributed by atoms with Gasteiger partial charge in [0, 0.05) is 12.1 Å². The molecule has 6 nitrogen and oxygen atoms in total. The molecular formula is C21H21N3O3S. The van der Waals surface area contributed by atoms with E-state index in [2.05, 4.69) is 10.0 Å². The molecule has 0 radical (unpaired) electrons. The van der Waals surface area contributed by atoms with Gasteiger partial charge in [-0.15, -0.1) is 0 Å². The number of carbonyl (C=O) groups excluding carboxylic acids is 1. The maximum Gasteiger partial charge on any atom is 0.296 e. The topological polar surface area (TPSA) is 101 Å². The summed E-state index contributed by atoms with van der Waals surface area (Å²) >= 11 is 0. The zero-order valence-electron chi connectivity index (χ0n) is 15.1. The second-order valence-corrected chi connectivity index (χ2v) is 7.64. The maximum absolute atomic E-state index is 12.7. The third-order valence-corrected chi connectivity index (χ3v) is 4.66. The summed E-state index contributed by atoms with van der Waals surface area (Å²) in [5.74, 6) is -0.184. The Kier molecular flexibility index (Phi) is 6.08. The first-order valence-electron chi connectivity index (χ1n) is 8.70. The summed E-state index contributed by atoms with van der Waals surface area (Å²) in [6.45, 7) is 0.263. The molecule has 3 rings (SSSR count). The number of benzene rings is 3. The maximum atomic E-state index is 12.7. The summed E-state index contributed by atoms with van der Waals surface area (Å²) in [5.41, 5.74) is 3.78. The van der Waals surface area contributed by atoms with Crippen LogP contribution >= 0.6 is 0 Å². The standard InChI is InChI=1S/C21H21N3O3S/c22-28(26,27)24-19-11-6-9-17(14-19)15-23-21(25)20-12-5-4-10-18(20)13-16-7-2-1-3-8-16/h1-12,14,24H,13,15H2,(H,23,25)(H2,22,26,27). The highest BCUT2D eigenvalue weighted by molar-refractivity contribution is 7.90. The fraction of sp³-hybridized carbons (Fsp3) is 0.0952. The molecule has 0 saturated heterocycles. The lowest BCUT2D eigenvalue weighted by molar-refractivity contribution is 0.0950. The van der Waals surface area contributed by atoms with Crippen LogP contribution in [0.25, 0.3) is 0 Å². The van der Waals surface area contributed by atoms with Gasteiger partial charge in [-0.2, -0.15) is 8.42 Å². The Morgan fingerprint density at radius 2 is 1.54 bits per heavy atom. The van der Waals surface area contributed by atoms with Gasteiger partial charge < -0.3 is 5.32 Å². The SMILES string of the molecule is NS(=O)(=O)Nc1cccc(CNC(=O)c2ccccc2Cc2ccccc2)c1. The third kappa shape index (κ3) is 5.67. The first kappa shape index (κ1) is 19.6. The van der Waals surface area contributed by atoms with Gasteiger partial charge in [0.1, 0.15) is 0 Å². The van der Waals surface area contributed by atoms with E-state index in [1.807, 2.05) is 48.5 Å². The monoisotopic (exact) mass is 395 g/mol. The van der Waals surface area contributed by atoms with E-state index in [4.69, 9.17) is 5.14 Å². The minimum atomic E-state index is -3.84. The Hall–Kier alpha value is -3.16. The van der Waals surface area contributed by atoms with Crippen molar-refractivity contribution in [2.45, 2.75) is 13.0 Å². The van der Waals surface area contributed by atoms with Gasteiger partial charge in [0.2, 0.25) is 0 Å². The molecule has 3 aromatic carbocycles. The number of carbonyl (C=O) groups is 1. The lowest BCUT2D eigenvalue weighted by Gasteiger charge is -2.11. The van der Waals surface area contributed by atoms with E-state index in [1.54, 1.807) is 30.3 Å². The minimum absolute atomic E-state index is 0.184. The second kappa shape index (κ2) is 8.69. The van der Waals surface area contributed by atoms with E-state index in [0.29, 0.717) is 17.7 Å². The Morgan fingerprint density at radius 1 is 0.857 bits per heavy atom. The molecule has 0 aliphatic carbocycles. The van der Waals surface area contributed by atoms with E-state index in [9.17, 15) is 13.2 Å². The van der Waals surface area contributed by atoms with Crippen molar-refractivity contribution >= 4 is 21.8 Å². The van der Waals surface area contributed by atoms with Gasteiger partial charge >= 0.3 is 0 Å². The molecule has 144 valence electrons. The normalized spacial score (nSPS) is 11.0. The van der Waals surface area contributed by atoms with Crippen LogP contribution in [-0.4, -0.2) is 14.3 Å².